The zero-order valence-electron chi connectivity index (χ0n) is 14.4. The minimum atomic E-state index is -0.424. The molecule has 0 saturated carbocycles. The Hall–Kier alpha value is -1.36. The maximum atomic E-state index is 9.67. The average Bonchev–Trinajstić information content (AvgIpc) is 3.23. The molecule has 1 aromatic heterocycles. The van der Waals surface area contributed by atoms with Crippen molar-refractivity contribution in [2.45, 2.75) is 35.5 Å². The lowest BCUT2D eigenvalue weighted by atomic mass is 10.2. The normalized spacial score (nSPS) is 27.3. The van der Waals surface area contributed by atoms with Crippen molar-refractivity contribution in [3.05, 3.63) is 46.4 Å². The monoisotopic (exact) mass is 388 g/mol. The summed E-state index contributed by atoms with van der Waals surface area (Å²) in [6.07, 6.45) is 8.10. The van der Waals surface area contributed by atoms with Crippen LogP contribution in [0.3, 0.4) is 0 Å². The van der Waals surface area contributed by atoms with Gasteiger partial charge in [-0.05, 0) is 25.8 Å². The number of aliphatic imine (C=N–C) groups is 1. The lowest BCUT2D eigenvalue weighted by molar-refractivity contribution is 0.899. The zero-order valence-corrected chi connectivity index (χ0v) is 17.0. The topological polar surface area (TPSA) is 54.0 Å². The fourth-order valence-corrected chi connectivity index (χ4v) is 6.35. The number of nitriles is 1. The SMILES string of the molecule is C=CC(C)(S)C=NC1=C(C)CC2S/C(=C(/C#N)c3cncn3C)SC12. The summed E-state index contributed by atoms with van der Waals surface area (Å²) in [6, 6.07) is 2.37. The molecule has 130 valence electrons. The molecule has 0 radical (unpaired) electrons. The standard InChI is InChI=1S/C18H20N4S3/c1-5-18(3,23)9-21-15-11(2)6-14-16(15)25-17(24-14)12(7-19)13-8-20-10-22(13)4/h5,8-10,14,16,23H,1,6H2,2-4H3/b17-12+,21-9?. The van der Waals surface area contributed by atoms with Gasteiger partial charge in [0.15, 0.2) is 0 Å². The number of nitrogens with zero attached hydrogens (tertiary/aromatic N) is 4. The highest BCUT2D eigenvalue weighted by Crippen LogP contribution is 2.57. The van der Waals surface area contributed by atoms with Gasteiger partial charge in [-0.3, -0.25) is 4.99 Å². The van der Waals surface area contributed by atoms with E-state index in [1.807, 2.05) is 24.8 Å². The smallest absolute Gasteiger partial charge is 0.103 e. The van der Waals surface area contributed by atoms with E-state index in [1.165, 1.54) is 5.57 Å². The zero-order chi connectivity index (χ0) is 18.2. The number of aryl methyl sites for hydroxylation is 1. The molecule has 1 fully saturated rings. The van der Waals surface area contributed by atoms with Crippen molar-refractivity contribution in [2.24, 2.45) is 12.0 Å². The van der Waals surface area contributed by atoms with E-state index in [2.05, 4.69) is 37.2 Å². The Balaban J connectivity index is 1.90. The predicted molar refractivity (Wildman–Crippen MR) is 112 cm³/mol. The minimum Gasteiger partial charge on any atom is -0.333 e. The fraction of sp³-hybridized carbons (Fsp3) is 0.389. The van der Waals surface area contributed by atoms with E-state index in [0.29, 0.717) is 10.8 Å². The van der Waals surface area contributed by atoms with Crippen LogP contribution in [-0.4, -0.2) is 31.0 Å². The number of thioether (sulfide) groups is 2. The molecular formula is C18H20N4S3. The molecule has 3 rings (SSSR count). The summed E-state index contributed by atoms with van der Waals surface area (Å²) in [6.45, 7) is 7.91. The summed E-state index contributed by atoms with van der Waals surface area (Å²) >= 11 is 8.08. The molecule has 2 aliphatic rings. The van der Waals surface area contributed by atoms with Crippen LogP contribution in [0.2, 0.25) is 0 Å². The van der Waals surface area contributed by atoms with E-state index in [0.717, 1.165) is 22.0 Å². The van der Waals surface area contributed by atoms with Crippen molar-refractivity contribution in [2.75, 3.05) is 0 Å². The quantitative estimate of drug-likeness (QED) is 0.358. The van der Waals surface area contributed by atoms with Gasteiger partial charge in [-0.25, -0.2) is 4.98 Å². The highest BCUT2D eigenvalue weighted by molar-refractivity contribution is 8.26. The van der Waals surface area contributed by atoms with E-state index in [-0.39, 0.29) is 5.25 Å². The molecular weight excluding hydrogens is 368 g/mol. The summed E-state index contributed by atoms with van der Waals surface area (Å²) < 4.78 is 2.53. The molecule has 3 atom stereocenters. The summed E-state index contributed by atoms with van der Waals surface area (Å²) in [7, 11) is 1.91. The van der Waals surface area contributed by atoms with E-state index in [9.17, 15) is 5.26 Å². The van der Waals surface area contributed by atoms with Crippen molar-refractivity contribution in [1.29, 1.82) is 5.26 Å². The van der Waals surface area contributed by atoms with Crippen LogP contribution in [0, 0.1) is 11.3 Å². The van der Waals surface area contributed by atoms with Crippen LogP contribution in [0.1, 0.15) is 26.0 Å². The van der Waals surface area contributed by atoms with Crippen molar-refractivity contribution < 1.29 is 0 Å². The molecule has 1 aromatic rings. The van der Waals surface area contributed by atoms with Crippen molar-refractivity contribution in [1.82, 2.24) is 9.55 Å². The van der Waals surface area contributed by atoms with Crippen molar-refractivity contribution in [3.8, 4) is 6.07 Å². The third-order valence-electron chi connectivity index (χ3n) is 4.31. The number of hydrogen-bond acceptors (Lipinski definition) is 6. The molecule has 2 heterocycles. The molecule has 0 spiro atoms. The van der Waals surface area contributed by atoms with Gasteiger partial charge in [0.2, 0.25) is 0 Å². The molecule has 0 bridgehead atoms. The van der Waals surface area contributed by atoms with Crippen molar-refractivity contribution >= 4 is 47.9 Å². The maximum Gasteiger partial charge on any atom is 0.103 e. The van der Waals surface area contributed by atoms with E-state index >= 15 is 0 Å². The van der Waals surface area contributed by atoms with Gasteiger partial charge < -0.3 is 4.57 Å². The minimum absolute atomic E-state index is 0.279. The van der Waals surface area contributed by atoms with Crippen LogP contribution in [-0.2, 0) is 7.05 Å². The fourth-order valence-electron chi connectivity index (χ4n) is 2.81. The second kappa shape index (κ2) is 7.10. The summed E-state index contributed by atoms with van der Waals surface area (Å²) in [5.41, 5.74) is 3.99. The molecule has 0 N–H and O–H groups in total. The van der Waals surface area contributed by atoms with Crippen molar-refractivity contribution in [3.63, 3.8) is 0 Å². The van der Waals surface area contributed by atoms with E-state index < -0.39 is 4.75 Å². The highest BCUT2D eigenvalue weighted by atomic mass is 32.2. The maximum absolute atomic E-state index is 9.67. The van der Waals surface area contributed by atoms with Gasteiger partial charge in [0, 0.05) is 18.5 Å². The molecule has 1 saturated heterocycles. The number of hydrogen-bond donors (Lipinski definition) is 1. The van der Waals surface area contributed by atoms with Gasteiger partial charge in [-0.15, -0.1) is 30.1 Å². The lowest BCUT2D eigenvalue weighted by Gasteiger charge is -2.13. The second-order valence-electron chi connectivity index (χ2n) is 6.42. The van der Waals surface area contributed by atoms with Crippen LogP contribution in [0.5, 0.6) is 0 Å². The first-order valence-corrected chi connectivity index (χ1v) is 10.1. The summed E-state index contributed by atoms with van der Waals surface area (Å²) in [5, 5.41) is 10.4. The largest absolute Gasteiger partial charge is 0.333 e. The number of allylic oxidation sites excluding steroid dienone is 2. The Labute approximate surface area is 162 Å². The lowest BCUT2D eigenvalue weighted by Crippen LogP contribution is -2.15. The number of aromatic nitrogens is 2. The molecule has 7 heteroatoms. The van der Waals surface area contributed by atoms with E-state index in [4.69, 9.17) is 4.99 Å². The summed E-state index contributed by atoms with van der Waals surface area (Å²) in [5.74, 6) is 0. The Kier molecular flexibility index (Phi) is 5.24. The van der Waals surface area contributed by atoms with Crippen LogP contribution < -0.4 is 0 Å². The molecule has 3 unspecified atom stereocenters. The van der Waals surface area contributed by atoms with Crippen LogP contribution in [0.4, 0.5) is 0 Å². The Morgan fingerprint density at radius 3 is 2.96 bits per heavy atom. The Bertz CT molecular complexity index is 839. The molecule has 0 amide bonds. The molecule has 25 heavy (non-hydrogen) atoms. The third-order valence-corrected chi connectivity index (χ3v) is 7.74. The Morgan fingerprint density at radius 2 is 2.36 bits per heavy atom. The molecule has 4 nitrogen and oxygen atoms in total. The number of thiol groups is 1. The van der Waals surface area contributed by atoms with Gasteiger partial charge in [-0.2, -0.15) is 17.9 Å². The first-order chi connectivity index (χ1) is 11.9. The number of rotatable bonds is 4. The van der Waals surface area contributed by atoms with Gasteiger partial charge in [0.05, 0.1) is 43.7 Å². The summed E-state index contributed by atoms with van der Waals surface area (Å²) in [4.78, 5) is 8.87. The van der Waals surface area contributed by atoms with Gasteiger partial charge in [0.1, 0.15) is 6.07 Å². The highest BCUT2D eigenvalue weighted by Gasteiger charge is 2.42. The van der Waals surface area contributed by atoms with Crippen LogP contribution >= 0.6 is 36.2 Å². The first-order valence-electron chi connectivity index (χ1n) is 7.91. The van der Waals surface area contributed by atoms with Gasteiger partial charge >= 0.3 is 0 Å². The number of fused-ring (bicyclic) bond motifs is 1. The predicted octanol–water partition coefficient (Wildman–Crippen LogP) is 4.45. The Morgan fingerprint density at radius 1 is 1.60 bits per heavy atom. The van der Waals surface area contributed by atoms with Gasteiger partial charge in [0.25, 0.3) is 0 Å². The average molecular weight is 389 g/mol. The molecule has 1 aliphatic carbocycles. The molecule has 0 aromatic carbocycles. The first kappa shape index (κ1) is 18.4. The molecule has 1 aliphatic heterocycles. The van der Waals surface area contributed by atoms with E-state index in [1.54, 1.807) is 42.1 Å². The van der Waals surface area contributed by atoms with Gasteiger partial charge in [-0.1, -0.05) is 6.08 Å². The third kappa shape index (κ3) is 3.62. The van der Waals surface area contributed by atoms with Crippen LogP contribution in [0.25, 0.3) is 5.57 Å². The van der Waals surface area contributed by atoms with Crippen LogP contribution in [0.15, 0.2) is 45.7 Å². The second-order valence-corrected chi connectivity index (χ2v) is 10.0. The number of imidazole rings is 1.